The number of nitrogens with one attached hydrogen (secondary N) is 1. The first kappa shape index (κ1) is 25.3. The van der Waals surface area contributed by atoms with Crippen LogP contribution in [0.3, 0.4) is 0 Å². The molecule has 1 N–H and O–H groups in total. The van der Waals surface area contributed by atoms with Gasteiger partial charge in [-0.2, -0.15) is 0 Å². The van der Waals surface area contributed by atoms with Crippen molar-refractivity contribution >= 4 is 10.9 Å². The van der Waals surface area contributed by atoms with Gasteiger partial charge >= 0.3 is 0 Å². The Morgan fingerprint density at radius 3 is 2.73 bits per heavy atom. The Morgan fingerprint density at radius 2 is 1.97 bits per heavy atom. The Morgan fingerprint density at radius 1 is 1.16 bits per heavy atom. The Bertz CT molecular complexity index is 1390. The highest BCUT2D eigenvalue weighted by Crippen LogP contribution is 2.27. The number of ether oxygens (including phenoxy) is 1. The number of aromatic amines is 1. The van der Waals surface area contributed by atoms with Crippen LogP contribution >= 0.6 is 0 Å². The molecule has 194 valence electrons. The number of fused-ring (bicyclic) bond motifs is 1. The molecule has 1 aliphatic rings. The van der Waals surface area contributed by atoms with Gasteiger partial charge in [-0.3, -0.25) is 9.69 Å². The van der Waals surface area contributed by atoms with E-state index in [9.17, 15) is 4.79 Å². The number of hydrogen-bond donors (Lipinski definition) is 1. The lowest BCUT2D eigenvalue weighted by molar-refractivity contribution is 0.0893. The van der Waals surface area contributed by atoms with Gasteiger partial charge in [-0.1, -0.05) is 49.4 Å². The van der Waals surface area contributed by atoms with Crippen molar-refractivity contribution in [2.24, 2.45) is 0 Å². The molecule has 1 saturated heterocycles. The summed E-state index contributed by atoms with van der Waals surface area (Å²) in [4.78, 5) is 18.8. The van der Waals surface area contributed by atoms with E-state index < -0.39 is 0 Å². The van der Waals surface area contributed by atoms with E-state index >= 15 is 0 Å². The van der Waals surface area contributed by atoms with Crippen LogP contribution < -0.4 is 5.56 Å². The molecule has 37 heavy (non-hydrogen) atoms. The Balaban J connectivity index is 1.48. The van der Waals surface area contributed by atoms with Gasteiger partial charge in [-0.05, 0) is 72.7 Å². The minimum Gasteiger partial charge on any atom is -0.376 e. The highest BCUT2D eigenvalue weighted by atomic mass is 16.5. The van der Waals surface area contributed by atoms with Crippen LogP contribution in [0.25, 0.3) is 10.9 Å². The SMILES string of the molecule is CC[C@H](c1nnnn1C[C@H]1CCCO1)N(CCc1ccccc1)Cc1cc2c(C)ccc(C)c2[nH]c1=O. The molecule has 0 saturated carbocycles. The molecule has 0 spiro atoms. The first-order valence-corrected chi connectivity index (χ1v) is 13.3. The van der Waals surface area contributed by atoms with Gasteiger partial charge in [-0.25, -0.2) is 4.68 Å². The minimum absolute atomic E-state index is 0.0335. The van der Waals surface area contributed by atoms with Gasteiger partial charge in [-0.15, -0.1) is 5.10 Å². The molecular formula is C29H36N6O2. The van der Waals surface area contributed by atoms with Gasteiger partial charge in [0.1, 0.15) is 0 Å². The molecule has 3 heterocycles. The van der Waals surface area contributed by atoms with Crippen molar-refractivity contribution in [3.8, 4) is 0 Å². The summed E-state index contributed by atoms with van der Waals surface area (Å²) in [5.41, 5.74) is 5.12. The van der Waals surface area contributed by atoms with Crippen LogP contribution in [-0.4, -0.2) is 49.3 Å². The fraction of sp³-hybridized carbons (Fsp3) is 0.448. The van der Waals surface area contributed by atoms with Crippen molar-refractivity contribution in [1.82, 2.24) is 30.1 Å². The second-order valence-corrected chi connectivity index (χ2v) is 10.1. The quantitative estimate of drug-likeness (QED) is 0.345. The molecule has 0 bridgehead atoms. The van der Waals surface area contributed by atoms with E-state index in [0.717, 1.165) is 72.3 Å². The lowest BCUT2D eigenvalue weighted by atomic mass is 10.0. The third kappa shape index (κ3) is 5.65. The number of hydrogen-bond acceptors (Lipinski definition) is 6. The molecule has 8 nitrogen and oxygen atoms in total. The van der Waals surface area contributed by atoms with Crippen LogP contribution in [-0.2, 0) is 24.2 Å². The summed E-state index contributed by atoms with van der Waals surface area (Å²) in [6.45, 7) is 9.02. The van der Waals surface area contributed by atoms with Gasteiger partial charge in [0.25, 0.3) is 5.56 Å². The summed E-state index contributed by atoms with van der Waals surface area (Å²) >= 11 is 0. The summed E-state index contributed by atoms with van der Waals surface area (Å²) in [5, 5.41) is 13.9. The zero-order valence-corrected chi connectivity index (χ0v) is 22.0. The van der Waals surface area contributed by atoms with Gasteiger partial charge in [0, 0.05) is 30.6 Å². The maximum absolute atomic E-state index is 13.3. The van der Waals surface area contributed by atoms with E-state index in [1.807, 2.05) is 17.7 Å². The first-order valence-electron chi connectivity index (χ1n) is 13.3. The zero-order valence-electron chi connectivity index (χ0n) is 22.0. The maximum Gasteiger partial charge on any atom is 0.252 e. The van der Waals surface area contributed by atoms with E-state index in [4.69, 9.17) is 4.74 Å². The molecule has 0 amide bonds. The Labute approximate surface area is 217 Å². The van der Waals surface area contributed by atoms with Gasteiger partial charge in [0.2, 0.25) is 0 Å². The number of benzene rings is 2. The second kappa shape index (κ2) is 11.4. The van der Waals surface area contributed by atoms with Crippen molar-refractivity contribution in [2.75, 3.05) is 13.2 Å². The maximum atomic E-state index is 13.3. The standard InChI is InChI=1S/C29H36N6O2/c1-4-26(28-31-32-33-35(28)19-24-11-8-16-37-24)34(15-14-22-9-6-5-7-10-22)18-23-17-25-20(2)12-13-21(3)27(25)30-29(23)36/h5-7,9-10,12-13,17,24,26H,4,8,11,14-16,18-19H2,1-3H3,(H,30,36)/t24-,26-/m1/s1. The predicted octanol–water partition coefficient (Wildman–Crippen LogP) is 4.51. The number of aryl methyl sites for hydroxylation is 2. The third-order valence-electron chi connectivity index (χ3n) is 7.51. The van der Waals surface area contributed by atoms with E-state index in [-0.39, 0.29) is 17.7 Å². The first-order chi connectivity index (χ1) is 18.0. The van der Waals surface area contributed by atoms with Gasteiger partial charge in [0.15, 0.2) is 5.82 Å². The van der Waals surface area contributed by atoms with Crippen molar-refractivity contribution < 1.29 is 4.74 Å². The third-order valence-corrected chi connectivity index (χ3v) is 7.51. The number of H-pyrrole nitrogens is 1. The smallest absolute Gasteiger partial charge is 0.252 e. The highest BCUT2D eigenvalue weighted by molar-refractivity contribution is 5.85. The van der Waals surface area contributed by atoms with E-state index in [1.165, 1.54) is 5.56 Å². The summed E-state index contributed by atoms with van der Waals surface area (Å²) in [6, 6.07) is 16.7. The van der Waals surface area contributed by atoms with Crippen LogP contribution in [0.1, 0.15) is 60.3 Å². The number of pyridine rings is 1. The Hall–Kier alpha value is -3.36. The molecule has 2 atom stereocenters. The van der Waals surface area contributed by atoms with E-state index in [1.54, 1.807) is 0 Å². The van der Waals surface area contributed by atoms with Crippen molar-refractivity contribution in [2.45, 2.75) is 71.7 Å². The molecule has 1 fully saturated rings. The number of nitrogens with zero attached hydrogens (tertiary/aromatic N) is 5. The van der Waals surface area contributed by atoms with Crippen molar-refractivity contribution in [1.29, 1.82) is 0 Å². The molecule has 0 unspecified atom stereocenters. The normalized spacial score (nSPS) is 16.6. The lowest BCUT2D eigenvalue weighted by Crippen LogP contribution is -2.34. The average Bonchev–Trinajstić information content (AvgIpc) is 3.59. The monoisotopic (exact) mass is 500 g/mol. The largest absolute Gasteiger partial charge is 0.376 e. The van der Waals surface area contributed by atoms with Gasteiger partial charge < -0.3 is 9.72 Å². The van der Waals surface area contributed by atoms with E-state index in [0.29, 0.717) is 13.1 Å². The minimum atomic E-state index is -0.0419. The van der Waals surface area contributed by atoms with Gasteiger partial charge in [0.05, 0.1) is 24.2 Å². The Kier molecular flexibility index (Phi) is 7.76. The molecule has 4 aromatic rings. The molecule has 8 heteroatoms. The molecule has 2 aromatic heterocycles. The van der Waals surface area contributed by atoms with Crippen LogP contribution in [0.2, 0.25) is 0 Å². The topological polar surface area (TPSA) is 88.9 Å². The predicted molar refractivity (Wildman–Crippen MR) is 144 cm³/mol. The van der Waals surface area contributed by atoms with Crippen molar-refractivity contribution in [3.05, 3.63) is 87.0 Å². The van der Waals surface area contributed by atoms with Crippen LogP contribution in [0.4, 0.5) is 0 Å². The number of rotatable bonds is 10. The van der Waals surface area contributed by atoms with Crippen LogP contribution in [0.15, 0.2) is 53.3 Å². The molecule has 0 radical (unpaired) electrons. The lowest BCUT2D eigenvalue weighted by Gasteiger charge is -2.30. The summed E-state index contributed by atoms with van der Waals surface area (Å²) < 4.78 is 7.76. The highest BCUT2D eigenvalue weighted by Gasteiger charge is 2.27. The molecule has 5 rings (SSSR count). The fourth-order valence-corrected chi connectivity index (χ4v) is 5.38. The second-order valence-electron chi connectivity index (χ2n) is 10.1. The zero-order chi connectivity index (χ0) is 25.8. The molecular weight excluding hydrogens is 464 g/mol. The molecule has 1 aliphatic heterocycles. The van der Waals surface area contributed by atoms with Crippen LogP contribution in [0.5, 0.6) is 0 Å². The molecule has 2 aromatic carbocycles. The van der Waals surface area contributed by atoms with Crippen LogP contribution in [0, 0.1) is 13.8 Å². The average molecular weight is 501 g/mol. The van der Waals surface area contributed by atoms with E-state index in [2.05, 4.69) is 81.7 Å². The fourth-order valence-electron chi connectivity index (χ4n) is 5.38. The number of aromatic nitrogens is 5. The molecule has 0 aliphatic carbocycles. The van der Waals surface area contributed by atoms with Crippen molar-refractivity contribution in [3.63, 3.8) is 0 Å². The summed E-state index contributed by atoms with van der Waals surface area (Å²) in [7, 11) is 0. The summed E-state index contributed by atoms with van der Waals surface area (Å²) in [6.07, 6.45) is 3.94. The number of tetrazole rings is 1. The summed E-state index contributed by atoms with van der Waals surface area (Å²) in [5.74, 6) is 0.829.